The molecule has 6 heteroatoms. The van der Waals surface area contributed by atoms with Gasteiger partial charge in [-0.2, -0.15) is 0 Å². The first-order chi connectivity index (χ1) is 9.49. The Labute approximate surface area is 131 Å². The zero-order valence-corrected chi connectivity index (χ0v) is 15.0. The van der Waals surface area contributed by atoms with Crippen LogP contribution in [0, 0.1) is 20.8 Å². The Balaban J connectivity index is 3.04. The van der Waals surface area contributed by atoms with Crippen molar-refractivity contribution in [2.75, 3.05) is 13.7 Å². The second-order valence-corrected chi connectivity index (χ2v) is 8.31. The Kier molecular flexibility index (Phi) is 5.69. The Morgan fingerprint density at radius 2 is 1.76 bits per heavy atom. The van der Waals surface area contributed by atoms with Crippen LogP contribution in [0.15, 0.2) is 11.0 Å². The summed E-state index contributed by atoms with van der Waals surface area (Å²) in [4.78, 5) is 0.142. The van der Waals surface area contributed by atoms with Crippen molar-refractivity contribution in [1.82, 2.24) is 0 Å². The molecule has 0 amide bonds. The Morgan fingerprint density at radius 3 is 2.24 bits per heavy atom. The van der Waals surface area contributed by atoms with Crippen LogP contribution < -0.4 is 4.74 Å². The van der Waals surface area contributed by atoms with Gasteiger partial charge in [-0.25, -0.2) is 8.42 Å². The van der Waals surface area contributed by atoms with Crippen LogP contribution in [0.2, 0.25) is 0 Å². The summed E-state index contributed by atoms with van der Waals surface area (Å²) < 4.78 is 34.3. The first-order valence-corrected chi connectivity index (χ1v) is 9.04. The smallest absolute Gasteiger partial charge is 0.261 e. The molecule has 0 aliphatic rings. The third-order valence-corrected chi connectivity index (χ3v) is 5.19. The van der Waals surface area contributed by atoms with Gasteiger partial charge in [0.05, 0.1) is 17.1 Å². The monoisotopic (exact) mass is 334 g/mol. The van der Waals surface area contributed by atoms with Crippen molar-refractivity contribution in [2.45, 2.75) is 51.5 Å². The summed E-state index contributed by atoms with van der Waals surface area (Å²) in [5, 5.41) is 0. The standard InChI is InChI=1S/C15H23ClO4S/c1-10-9-13(21(16,17)18)11(2)12(3)14(10)20-8-7-15(4,5)19-6/h9H,7-8H2,1-6H3. The lowest BCUT2D eigenvalue weighted by atomic mass is 10.0. The molecule has 1 aromatic rings. The molecule has 0 spiro atoms. The number of ether oxygens (including phenoxy) is 2. The fourth-order valence-corrected chi connectivity index (χ4v) is 3.31. The van der Waals surface area contributed by atoms with Gasteiger partial charge in [0.2, 0.25) is 0 Å². The lowest BCUT2D eigenvalue weighted by molar-refractivity contribution is 0.00533. The van der Waals surface area contributed by atoms with E-state index in [0.717, 1.165) is 17.5 Å². The Bertz CT molecular complexity index is 621. The molecular weight excluding hydrogens is 312 g/mol. The highest BCUT2D eigenvalue weighted by atomic mass is 35.7. The molecule has 0 fully saturated rings. The van der Waals surface area contributed by atoms with Crippen LogP contribution in [0.25, 0.3) is 0 Å². The van der Waals surface area contributed by atoms with Gasteiger partial charge in [-0.3, -0.25) is 0 Å². The van der Waals surface area contributed by atoms with Crippen LogP contribution in [0.3, 0.4) is 0 Å². The molecular formula is C15H23ClO4S. The van der Waals surface area contributed by atoms with Crippen LogP contribution in [0.4, 0.5) is 0 Å². The summed E-state index contributed by atoms with van der Waals surface area (Å²) in [6, 6.07) is 1.56. The number of methoxy groups -OCH3 is 1. The van der Waals surface area contributed by atoms with E-state index in [1.807, 2.05) is 27.7 Å². The van der Waals surface area contributed by atoms with E-state index < -0.39 is 9.05 Å². The molecule has 0 saturated carbocycles. The largest absolute Gasteiger partial charge is 0.493 e. The van der Waals surface area contributed by atoms with Crippen molar-refractivity contribution in [2.24, 2.45) is 0 Å². The second-order valence-electron chi connectivity index (χ2n) is 5.77. The topological polar surface area (TPSA) is 52.6 Å². The lowest BCUT2D eigenvalue weighted by Gasteiger charge is -2.23. The third kappa shape index (κ3) is 4.59. The zero-order chi connectivity index (χ0) is 16.4. The summed E-state index contributed by atoms with van der Waals surface area (Å²) in [6.45, 7) is 9.86. The number of hydrogen-bond acceptors (Lipinski definition) is 4. The fraction of sp³-hybridized carbons (Fsp3) is 0.600. The van der Waals surface area contributed by atoms with E-state index in [0.29, 0.717) is 17.9 Å². The highest BCUT2D eigenvalue weighted by Crippen LogP contribution is 2.33. The van der Waals surface area contributed by atoms with Gasteiger partial charge in [-0.05, 0) is 57.4 Å². The predicted molar refractivity (Wildman–Crippen MR) is 84.9 cm³/mol. The van der Waals surface area contributed by atoms with E-state index in [1.165, 1.54) is 0 Å². The van der Waals surface area contributed by atoms with Gasteiger partial charge in [-0.15, -0.1) is 0 Å². The van der Waals surface area contributed by atoms with Crippen LogP contribution >= 0.6 is 10.7 Å². The van der Waals surface area contributed by atoms with Crippen LogP contribution in [-0.4, -0.2) is 27.7 Å². The van der Waals surface area contributed by atoms with Crippen molar-refractivity contribution in [3.8, 4) is 5.75 Å². The molecule has 0 saturated heterocycles. The fourth-order valence-electron chi connectivity index (χ4n) is 2.00. The highest BCUT2D eigenvalue weighted by molar-refractivity contribution is 8.13. The molecule has 21 heavy (non-hydrogen) atoms. The molecule has 0 radical (unpaired) electrons. The molecule has 0 aliphatic heterocycles. The van der Waals surface area contributed by atoms with E-state index >= 15 is 0 Å². The van der Waals surface area contributed by atoms with Crippen LogP contribution in [-0.2, 0) is 13.8 Å². The van der Waals surface area contributed by atoms with Crippen LogP contribution in [0.1, 0.15) is 37.0 Å². The SMILES string of the molecule is COC(C)(C)CCOc1c(C)cc(S(=O)(=O)Cl)c(C)c1C. The number of aryl methyl sites for hydroxylation is 1. The molecule has 0 bridgehead atoms. The number of halogens is 1. The van der Waals surface area contributed by atoms with Crippen molar-refractivity contribution < 1.29 is 17.9 Å². The molecule has 0 atom stereocenters. The normalized spacial score (nSPS) is 12.5. The summed E-state index contributed by atoms with van der Waals surface area (Å²) >= 11 is 0. The lowest BCUT2D eigenvalue weighted by Crippen LogP contribution is -2.25. The number of rotatable bonds is 6. The average Bonchev–Trinajstić information content (AvgIpc) is 2.36. The molecule has 0 aromatic heterocycles. The van der Waals surface area contributed by atoms with Crippen molar-refractivity contribution >= 4 is 19.7 Å². The van der Waals surface area contributed by atoms with Gasteiger partial charge in [0, 0.05) is 24.2 Å². The zero-order valence-electron chi connectivity index (χ0n) is 13.4. The van der Waals surface area contributed by atoms with E-state index in [9.17, 15) is 8.42 Å². The van der Waals surface area contributed by atoms with Crippen LogP contribution in [0.5, 0.6) is 5.75 Å². The van der Waals surface area contributed by atoms with Gasteiger partial charge in [0.25, 0.3) is 9.05 Å². The van der Waals surface area contributed by atoms with Gasteiger partial charge in [-0.1, -0.05) is 0 Å². The Morgan fingerprint density at radius 1 is 1.19 bits per heavy atom. The van der Waals surface area contributed by atoms with Gasteiger partial charge >= 0.3 is 0 Å². The maximum absolute atomic E-state index is 11.6. The second kappa shape index (κ2) is 6.55. The highest BCUT2D eigenvalue weighted by Gasteiger charge is 2.21. The van der Waals surface area contributed by atoms with Crippen molar-refractivity contribution in [1.29, 1.82) is 0 Å². The molecule has 4 nitrogen and oxygen atoms in total. The number of benzene rings is 1. The van der Waals surface area contributed by atoms with Gasteiger partial charge < -0.3 is 9.47 Å². The minimum atomic E-state index is -3.75. The van der Waals surface area contributed by atoms with Gasteiger partial charge in [0.1, 0.15) is 5.75 Å². The molecule has 0 heterocycles. The van der Waals surface area contributed by atoms with Gasteiger partial charge in [0.15, 0.2) is 0 Å². The first kappa shape index (κ1) is 18.3. The molecule has 1 aromatic carbocycles. The minimum Gasteiger partial charge on any atom is -0.493 e. The first-order valence-electron chi connectivity index (χ1n) is 6.73. The molecule has 0 unspecified atom stereocenters. The van der Waals surface area contributed by atoms with E-state index in [1.54, 1.807) is 20.1 Å². The average molecular weight is 335 g/mol. The Hall–Kier alpha value is -0.780. The summed E-state index contributed by atoms with van der Waals surface area (Å²) in [5.41, 5.74) is 1.92. The summed E-state index contributed by atoms with van der Waals surface area (Å²) in [5.74, 6) is 0.712. The van der Waals surface area contributed by atoms with E-state index in [-0.39, 0.29) is 10.5 Å². The van der Waals surface area contributed by atoms with E-state index in [2.05, 4.69) is 0 Å². The van der Waals surface area contributed by atoms with Crippen molar-refractivity contribution in [3.05, 3.63) is 22.8 Å². The third-order valence-electron chi connectivity index (χ3n) is 3.74. The maximum atomic E-state index is 11.6. The molecule has 120 valence electrons. The van der Waals surface area contributed by atoms with E-state index in [4.69, 9.17) is 20.2 Å². The van der Waals surface area contributed by atoms with Crippen molar-refractivity contribution in [3.63, 3.8) is 0 Å². The summed E-state index contributed by atoms with van der Waals surface area (Å²) in [7, 11) is 3.38. The molecule has 0 aliphatic carbocycles. The molecule has 0 N–H and O–H groups in total. The minimum absolute atomic E-state index is 0.142. The predicted octanol–water partition coefficient (Wildman–Crippen LogP) is 3.73. The quantitative estimate of drug-likeness (QED) is 0.744. The molecule has 1 rings (SSSR count). The summed E-state index contributed by atoms with van der Waals surface area (Å²) in [6.07, 6.45) is 0.733. The number of hydrogen-bond donors (Lipinski definition) is 0. The maximum Gasteiger partial charge on any atom is 0.261 e.